The van der Waals surface area contributed by atoms with E-state index in [0.717, 1.165) is 38.6 Å². The first-order chi connectivity index (χ1) is 29.0. The summed E-state index contributed by atoms with van der Waals surface area (Å²) >= 11 is 0. The summed E-state index contributed by atoms with van der Waals surface area (Å²) in [6.07, 6.45) is -9.46. The van der Waals surface area contributed by atoms with E-state index < -0.39 is 99.2 Å². The van der Waals surface area contributed by atoms with Crippen molar-refractivity contribution in [3.8, 4) is 0 Å². The number of aliphatic hydroxyl groups excluding tert-OH is 9. The third kappa shape index (κ3) is 7.70. The van der Waals surface area contributed by atoms with E-state index in [2.05, 4.69) is 39.1 Å². The number of rotatable bonds is 8. The minimum atomic E-state index is -1.75. The van der Waals surface area contributed by atoms with Crippen molar-refractivity contribution in [3.05, 3.63) is 11.6 Å². The Morgan fingerprint density at radius 3 is 2.07 bits per heavy atom. The van der Waals surface area contributed by atoms with Gasteiger partial charge in [-0.3, -0.25) is 5.32 Å². The fourth-order valence-corrected chi connectivity index (χ4v) is 13.8. The van der Waals surface area contributed by atoms with E-state index in [1.165, 1.54) is 24.8 Å². The Labute approximate surface area is 357 Å². The van der Waals surface area contributed by atoms with Crippen molar-refractivity contribution < 1.29 is 79.1 Å². The molecule has 348 valence electrons. The fourth-order valence-electron chi connectivity index (χ4n) is 13.8. The van der Waals surface area contributed by atoms with E-state index in [-0.39, 0.29) is 29.3 Å². The summed E-state index contributed by atoms with van der Waals surface area (Å²) in [5.74, 6) is 3.52. The van der Waals surface area contributed by atoms with Crippen molar-refractivity contribution in [3.63, 3.8) is 0 Å². The lowest BCUT2D eigenvalue weighted by molar-refractivity contribution is -0.342. The second kappa shape index (κ2) is 17.0. The molecule has 9 rings (SSSR count). The van der Waals surface area contributed by atoms with Gasteiger partial charge in [-0.2, -0.15) is 0 Å². The SMILES string of the molecule is CC1CCC2(NC1)OC1CC3C4CC=C5CC(OC6OC(COC7OC(COC8OCC(O)C(O)C8O)C(O)C(O)C7O)C(O)C(O)C6O)CCC5(C)C4CCC3(C)C1C2C. The normalized spacial score (nSPS) is 57.2. The number of ether oxygens (including phenoxy) is 7. The summed E-state index contributed by atoms with van der Waals surface area (Å²) in [6, 6.07) is 0. The highest BCUT2D eigenvalue weighted by Gasteiger charge is 2.68. The van der Waals surface area contributed by atoms with Crippen LogP contribution in [0.2, 0.25) is 0 Å². The molecular weight excluding hydrogens is 798 g/mol. The van der Waals surface area contributed by atoms with E-state index in [1.54, 1.807) is 0 Å². The number of hydrogen-bond acceptors (Lipinski definition) is 17. The summed E-state index contributed by atoms with van der Waals surface area (Å²) in [5, 5.41) is 98.5. The maximum absolute atomic E-state index is 11.0. The van der Waals surface area contributed by atoms with Crippen LogP contribution in [0, 0.1) is 46.3 Å². The van der Waals surface area contributed by atoms with Gasteiger partial charge in [-0.1, -0.05) is 39.3 Å². The Morgan fingerprint density at radius 2 is 1.38 bits per heavy atom. The van der Waals surface area contributed by atoms with Crippen molar-refractivity contribution >= 4 is 0 Å². The number of allylic oxidation sites excluding steroid dienone is 1. The molecule has 0 aromatic carbocycles. The van der Waals surface area contributed by atoms with Crippen molar-refractivity contribution in [2.45, 2.75) is 189 Å². The lowest BCUT2D eigenvalue weighted by atomic mass is 9.47. The van der Waals surface area contributed by atoms with Crippen LogP contribution in [0.25, 0.3) is 0 Å². The lowest BCUT2D eigenvalue weighted by Gasteiger charge is -2.59. The predicted octanol–water partition coefficient (Wildman–Crippen LogP) is -0.601. The second-order valence-electron chi connectivity index (χ2n) is 20.9. The Morgan fingerprint density at radius 1 is 0.721 bits per heavy atom. The van der Waals surface area contributed by atoms with Crippen LogP contribution >= 0.6 is 0 Å². The van der Waals surface area contributed by atoms with Crippen molar-refractivity contribution in [1.29, 1.82) is 0 Å². The highest BCUT2D eigenvalue weighted by atomic mass is 16.7. The highest BCUT2D eigenvalue weighted by Crippen LogP contribution is 2.70. The quantitative estimate of drug-likeness (QED) is 0.137. The molecule has 8 fully saturated rings. The van der Waals surface area contributed by atoms with Gasteiger partial charge in [0.1, 0.15) is 72.9 Å². The van der Waals surface area contributed by atoms with Crippen molar-refractivity contribution in [1.82, 2.24) is 5.32 Å². The third-order valence-electron chi connectivity index (χ3n) is 17.5. The molecule has 1 spiro atoms. The molecule has 17 heteroatoms. The first-order valence-corrected chi connectivity index (χ1v) is 23.0. The number of piperidine rings is 1. The second-order valence-corrected chi connectivity index (χ2v) is 20.9. The number of nitrogens with one attached hydrogen (secondary N) is 1. The molecule has 5 aliphatic heterocycles. The number of hydrogen-bond donors (Lipinski definition) is 10. The summed E-state index contributed by atoms with van der Waals surface area (Å²) < 4.78 is 41.7. The molecule has 17 nitrogen and oxygen atoms in total. The first kappa shape index (κ1) is 45.2. The van der Waals surface area contributed by atoms with Crippen LogP contribution in [0.5, 0.6) is 0 Å². The van der Waals surface area contributed by atoms with Crippen LogP contribution in [0.1, 0.15) is 85.5 Å². The van der Waals surface area contributed by atoms with Gasteiger partial charge in [-0.05, 0) is 98.2 Å². The van der Waals surface area contributed by atoms with Crippen LogP contribution in [0.4, 0.5) is 0 Å². The molecule has 5 saturated heterocycles. The van der Waals surface area contributed by atoms with Gasteiger partial charge in [0.2, 0.25) is 0 Å². The van der Waals surface area contributed by atoms with Crippen molar-refractivity contribution in [2.24, 2.45) is 46.3 Å². The van der Waals surface area contributed by atoms with Gasteiger partial charge >= 0.3 is 0 Å². The topological polar surface area (TPSA) is 259 Å². The summed E-state index contributed by atoms with van der Waals surface area (Å²) in [5.41, 5.74) is 1.49. The largest absolute Gasteiger partial charge is 0.388 e. The molecule has 61 heavy (non-hydrogen) atoms. The zero-order valence-corrected chi connectivity index (χ0v) is 35.9. The Bertz CT molecular complexity index is 1580. The van der Waals surface area contributed by atoms with E-state index in [9.17, 15) is 46.0 Å². The molecule has 0 radical (unpaired) electrons. The Balaban J connectivity index is 0.805. The van der Waals surface area contributed by atoms with Crippen LogP contribution < -0.4 is 5.32 Å². The van der Waals surface area contributed by atoms with E-state index >= 15 is 0 Å². The molecule has 0 aromatic rings. The lowest BCUT2D eigenvalue weighted by Crippen LogP contribution is -2.62. The van der Waals surface area contributed by atoms with Gasteiger partial charge < -0.3 is 79.1 Å². The van der Waals surface area contributed by atoms with E-state index in [1.807, 2.05) is 0 Å². The van der Waals surface area contributed by atoms with Crippen LogP contribution in [0.3, 0.4) is 0 Å². The monoisotopic (exact) mass is 869 g/mol. The minimum Gasteiger partial charge on any atom is -0.388 e. The van der Waals surface area contributed by atoms with Gasteiger partial charge in [-0.15, -0.1) is 0 Å². The van der Waals surface area contributed by atoms with Crippen LogP contribution in [-0.4, -0.2) is 176 Å². The third-order valence-corrected chi connectivity index (χ3v) is 17.5. The van der Waals surface area contributed by atoms with Gasteiger partial charge in [0.15, 0.2) is 18.9 Å². The standard InChI is InChI=1S/C44H71NO16/c1-19-7-12-44(45-15-19)20(2)30-27(61-44)14-25-23-6-5-21-13-22(8-10-42(21,3)24(23)9-11-43(25,30)4)58-41-38(54)35(51)33(49)29(60-41)18-57-40-37(53)34(50)32(48)28(59-40)17-56-39-36(52)31(47)26(46)16-55-39/h5,19-20,22-41,45-54H,6-18H2,1-4H3. The number of aliphatic hydroxyl groups is 9. The zero-order chi connectivity index (χ0) is 43.3. The number of fused-ring (bicyclic) bond motifs is 7. The smallest absolute Gasteiger partial charge is 0.186 e. The molecule has 5 heterocycles. The average Bonchev–Trinajstić information content (AvgIpc) is 3.69. The first-order valence-electron chi connectivity index (χ1n) is 23.0. The predicted molar refractivity (Wildman–Crippen MR) is 212 cm³/mol. The molecule has 10 N–H and O–H groups in total. The van der Waals surface area contributed by atoms with Crippen LogP contribution in [-0.2, 0) is 33.2 Å². The summed E-state index contributed by atoms with van der Waals surface area (Å²) in [6.45, 7) is 9.56. The molecular formula is C44H71NO16. The molecule has 4 aliphatic carbocycles. The summed E-state index contributed by atoms with van der Waals surface area (Å²) in [4.78, 5) is 0. The van der Waals surface area contributed by atoms with Gasteiger partial charge in [-0.25, -0.2) is 0 Å². The van der Waals surface area contributed by atoms with Gasteiger partial charge in [0.25, 0.3) is 0 Å². The molecule has 25 unspecified atom stereocenters. The van der Waals surface area contributed by atoms with Gasteiger partial charge in [0.05, 0.1) is 32.0 Å². The van der Waals surface area contributed by atoms with Gasteiger partial charge in [0, 0.05) is 12.5 Å². The fraction of sp³-hybridized carbons (Fsp3) is 0.955. The average molecular weight is 870 g/mol. The molecule has 25 atom stereocenters. The summed E-state index contributed by atoms with van der Waals surface area (Å²) in [7, 11) is 0. The highest BCUT2D eigenvalue weighted by molar-refractivity contribution is 5.26. The Hall–Kier alpha value is -0.940. The minimum absolute atomic E-state index is 0.0313. The Kier molecular flexibility index (Phi) is 12.6. The molecule has 3 saturated carbocycles. The molecule has 0 amide bonds. The zero-order valence-electron chi connectivity index (χ0n) is 35.9. The molecule has 9 aliphatic rings. The maximum atomic E-state index is 11.0. The van der Waals surface area contributed by atoms with Crippen molar-refractivity contribution in [2.75, 3.05) is 26.4 Å². The van der Waals surface area contributed by atoms with Crippen LogP contribution in [0.15, 0.2) is 11.6 Å². The molecule has 0 aromatic heterocycles. The molecule has 0 bridgehead atoms. The maximum Gasteiger partial charge on any atom is 0.186 e. The van der Waals surface area contributed by atoms with E-state index in [0.29, 0.717) is 48.0 Å². The van der Waals surface area contributed by atoms with E-state index in [4.69, 9.17) is 33.2 Å².